The maximum atomic E-state index is 11.0. The zero-order valence-corrected chi connectivity index (χ0v) is 12.5. The molecule has 0 aromatic carbocycles. The third-order valence-corrected chi connectivity index (χ3v) is 3.88. The molecule has 0 spiro atoms. The maximum Gasteiger partial charge on any atom is 0.358 e. The Bertz CT molecular complexity index is 600. The first-order valence-electron chi connectivity index (χ1n) is 5.48. The number of ether oxygens (including phenoxy) is 1. The average molecular weight is 343 g/mol. The molecule has 0 saturated carbocycles. The van der Waals surface area contributed by atoms with Crippen molar-refractivity contribution in [3.05, 3.63) is 38.5 Å². The molecule has 1 N–H and O–H groups in total. The molecule has 0 saturated heterocycles. The number of thiazole rings is 1. The first kappa shape index (κ1) is 14.0. The molecule has 0 radical (unpaired) electrons. The van der Waals surface area contributed by atoms with Gasteiger partial charge in [-0.3, -0.25) is 0 Å². The summed E-state index contributed by atoms with van der Waals surface area (Å²) in [5.41, 5.74) is 2.69. The zero-order chi connectivity index (χ0) is 13.8. The van der Waals surface area contributed by atoms with Crippen LogP contribution in [0.2, 0.25) is 0 Å². The van der Waals surface area contributed by atoms with Crippen LogP contribution >= 0.6 is 27.3 Å². The van der Waals surface area contributed by atoms with Crippen LogP contribution in [0.15, 0.2) is 22.2 Å². The molecule has 0 aliphatic carbocycles. The number of pyridine rings is 1. The molecule has 0 aliphatic heterocycles. The molecular formula is C12H11BrN2O3S. The van der Waals surface area contributed by atoms with Crippen LogP contribution in [-0.2, 0) is 6.42 Å². The molecular weight excluding hydrogens is 332 g/mol. The van der Waals surface area contributed by atoms with Crippen LogP contribution in [0.5, 0.6) is 5.75 Å². The van der Waals surface area contributed by atoms with Gasteiger partial charge in [-0.05, 0) is 28.9 Å². The molecule has 0 aliphatic rings. The fourth-order valence-electron chi connectivity index (χ4n) is 1.51. The van der Waals surface area contributed by atoms with E-state index in [4.69, 9.17) is 9.84 Å². The molecule has 0 fully saturated rings. The number of aromatic carboxylic acids is 1. The van der Waals surface area contributed by atoms with E-state index in [1.54, 1.807) is 22.9 Å². The van der Waals surface area contributed by atoms with Crippen molar-refractivity contribution in [3.63, 3.8) is 0 Å². The number of aromatic nitrogens is 2. The zero-order valence-electron chi connectivity index (χ0n) is 10.1. The van der Waals surface area contributed by atoms with E-state index < -0.39 is 5.97 Å². The number of hydrogen-bond acceptors (Lipinski definition) is 5. The first-order valence-corrected chi connectivity index (χ1v) is 7.16. The highest BCUT2D eigenvalue weighted by Crippen LogP contribution is 2.22. The van der Waals surface area contributed by atoms with Gasteiger partial charge in [-0.2, -0.15) is 0 Å². The summed E-state index contributed by atoms with van der Waals surface area (Å²) < 4.78 is 6.20. The van der Waals surface area contributed by atoms with Gasteiger partial charge in [0.2, 0.25) is 0 Å². The average Bonchev–Trinajstić information content (AvgIpc) is 2.75. The summed E-state index contributed by atoms with van der Waals surface area (Å²) in [4.78, 5) is 20.1. The topological polar surface area (TPSA) is 72.3 Å². The number of rotatable bonds is 5. The number of aryl methyl sites for hydroxylation is 1. The molecule has 5 nitrogen and oxygen atoms in total. The minimum absolute atomic E-state index is 0.0794. The van der Waals surface area contributed by atoms with E-state index in [2.05, 4.69) is 25.9 Å². The van der Waals surface area contributed by atoms with Gasteiger partial charge in [0.15, 0.2) is 11.4 Å². The van der Waals surface area contributed by atoms with Crippen LogP contribution < -0.4 is 4.74 Å². The van der Waals surface area contributed by atoms with Gasteiger partial charge in [0, 0.05) is 22.0 Å². The lowest BCUT2D eigenvalue weighted by molar-refractivity contribution is 0.0685. The third kappa shape index (κ3) is 3.51. The summed E-state index contributed by atoms with van der Waals surface area (Å²) in [6.45, 7) is 2.33. The Kier molecular flexibility index (Phi) is 4.49. The predicted molar refractivity (Wildman–Crippen MR) is 74.9 cm³/mol. The highest BCUT2D eigenvalue weighted by atomic mass is 79.9. The fourth-order valence-corrected chi connectivity index (χ4v) is 2.58. The van der Waals surface area contributed by atoms with E-state index in [0.29, 0.717) is 17.5 Å². The minimum Gasteiger partial charge on any atom is -0.491 e. The summed E-state index contributed by atoms with van der Waals surface area (Å²) in [5.74, 6) is -0.833. The Hall–Kier alpha value is -1.47. The van der Waals surface area contributed by atoms with Gasteiger partial charge in [-0.1, -0.05) is 0 Å². The van der Waals surface area contributed by atoms with Gasteiger partial charge >= 0.3 is 5.97 Å². The molecule has 100 valence electrons. The third-order valence-electron chi connectivity index (χ3n) is 2.45. The smallest absolute Gasteiger partial charge is 0.358 e. The van der Waals surface area contributed by atoms with Crippen LogP contribution in [0.4, 0.5) is 0 Å². The first-order chi connectivity index (χ1) is 9.08. The molecule has 0 unspecified atom stereocenters. The molecule has 2 aromatic heterocycles. The van der Waals surface area contributed by atoms with Crippen LogP contribution in [0.25, 0.3) is 0 Å². The van der Waals surface area contributed by atoms with E-state index in [-0.39, 0.29) is 11.4 Å². The highest BCUT2D eigenvalue weighted by Gasteiger charge is 2.14. The summed E-state index contributed by atoms with van der Waals surface area (Å²) in [6, 6.07) is 1.61. The quantitative estimate of drug-likeness (QED) is 0.904. The SMILES string of the molecule is Cc1ncsc1CCOc1cc(Br)cnc1C(=O)O. The lowest BCUT2D eigenvalue weighted by atomic mass is 10.3. The van der Waals surface area contributed by atoms with Gasteiger partial charge in [-0.15, -0.1) is 11.3 Å². The number of halogens is 1. The van der Waals surface area contributed by atoms with Gasteiger partial charge in [0.05, 0.1) is 17.8 Å². The van der Waals surface area contributed by atoms with Crippen molar-refractivity contribution in [2.75, 3.05) is 6.61 Å². The Balaban J connectivity index is 2.05. The summed E-state index contributed by atoms with van der Waals surface area (Å²) in [7, 11) is 0. The molecule has 7 heteroatoms. The maximum absolute atomic E-state index is 11.0. The van der Waals surface area contributed by atoms with Crippen molar-refractivity contribution in [3.8, 4) is 5.75 Å². The summed E-state index contributed by atoms with van der Waals surface area (Å²) in [5, 5.41) is 9.02. The van der Waals surface area contributed by atoms with Crippen molar-refractivity contribution >= 4 is 33.2 Å². The second kappa shape index (κ2) is 6.12. The molecule has 0 amide bonds. The molecule has 2 rings (SSSR count). The molecule has 2 heterocycles. The van der Waals surface area contributed by atoms with E-state index in [1.165, 1.54) is 6.20 Å². The van der Waals surface area contributed by atoms with Gasteiger partial charge in [0.1, 0.15) is 0 Å². The van der Waals surface area contributed by atoms with Crippen molar-refractivity contribution in [1.82, 2.24) is 9.97 Å². The number of carboxylic acids is 1. The summed E-state index contributed by atoms with van der Waals surface area (Å²) in [6.07, 6.45) is 2.13. The second-order valence-electron chi connectivity index (χ2n) is 3.76. The standard InChI is InChI=1S/C12H11BrN2O3S/c1-7-10(19-6-15-7)2-3-18-9-4-8(13)5-14-11(9)12(16)17/h4-6H,2-3H2,1H3,(H,16,17). The Morgan fingerprint density at radius 3 is 2.95 bits per heavy atom. The normalized spacial score (nSPS) is 10.4. The second-order valence-corrected chi connectivity index (χ2v) is 5.62. The predicted octanol–water partition coefficient (Wildman–Crippen LogP) is 2.93. The minimum atomic E-state index is -1.10. The van der Waals surface area contributed by atoms with Crippen molar-refractivity contribution in [1.29, 1.82) is 0 Å². The molecule has 2 aromatic rings. The fraction of sp³-hybridized carbons (Fsp3) is 0.250. The Labute approximate surface area is 122 Å². The lowest BCUT2D eigenvalue weighted by Gasteiger charge is -2.08. The van der Waals surface area contributed by atoms with E-state index in [0.717, 1.165) is 10.6 Å². The van der Waals surface area contributed by atoms with Crippen LogP contribution in [-0.4, -0.2) is 27.7 Å². The number of carbonyl (C=O) groups is 1. The number of hydrogen-bond donors (Lipinski definition) is 1. The number of carboxylic acid groups (broad SMARTS) is 1. The van der Waals surface area contributed by atoms with Crippen LogP contribution in [0.1, 0.15) is 21.1 Å². The largest absolute Gasteiger partial charge is 0.491 e. The van der Waals surface area contributed by atoms with E-state index in [1.807, 2.05) is 6.92 Å². The Morgan fingerprint density at radius 2 is 2.32 bits per heavy atom. The van der Waals surface area contributed by atoms with Crippen LogP contribution in [0, 0.1) is 6.92 Å². The van der Waals surface area contributed by atoms with E-state index in [9.17, 15) is 4.79 Å². The molecule has 19 heavy (non-hydrogen) atoms. The molecule has 0 atom stereocenters. The molecule has 0 bridgehead atoms. The van der Waals surface area contributed by atoms with Crippen molar-refractivity contribution < 1.29 is 14.6 Å². The monoisotopic (exact) mass is 342 g/mol. The van der Waals surface area contributed by atoms with Crippen molar-refractivity contribution in [2.45, 2.75) is 13.3 Å². The van der Waals surface area contributed by atoms with Gasteiger partial charge in [-0.25, -0.2) is 14.8 Å². The summed E-state index contributed by atoms with van der Waals surface area (Å²) >= 11 is 4.81. The van der Waals surface area contributed by atoms with Crippen molar-refractivity contribution in [2.24, 2.45) is 0 Å². The van der Waals surface area contributed by atoms with E-state index >= 15 is 0 Å². The highest BCUT2D eigenvalue weighted by molar-refractivity contribution is 9.10. The van der Waals surface area contributed by atoms with Gasteiger partial charge in [0.25, 0.3) is 0 Å². The lowest BCUT2D eigenvalue weighted by Crippen LogP contribution is -2.08. The number of nitrogens with zero attached hydrogens (tertiary/aromatic N) is 2. The van der Waals surface area contributed by atoms with Crippen LogP contribution in [0.3, 0.4) is 0 Å². The van der Waals surface area contributed by atoms with Gasteiger partial charge < -0.3 is 9.84 Å². The Morgan fingerprint density at radius 1 is 1.53 bits per heavy atom.